The Labute approximate surface area is 118 Å². The minimum Gasteiger partial charge on any atom is -0.379 e. The van der Waals surface area contributed by atoms with Gasteiger partial charge in [-0.2, -0.15) is 0 Å². The molecule has 0 bridgehead atoms. The molecule has 20 heavy (non-hydrogen) atoms. The van der Waals surface area contributed by atoms with Crippen molar-refractivity contribution in [1.82, 2.24) is 5.32 Å². The standard InChI is InChI=1S/C13H18N2O4S/c1-14-12-8-19-7-11(12)13(16)15-9-3-5-10(6-4-9)20(2,17)18/h3-6,11-12,14H,7-8H2,1-2H3,(H,15,16). The molecule has 2 N–H and O–H groups in total. The number of hydrogen-bond donors (Lipinski definition) is 2. The maximum atomic E-state index is 12.1. The van der Waals surface area contributed by atoms with Gasteiger partial charge >= 0.3 is 0 Å². The molecule has 2 atom stereocenters. The second-order valence-corrected chi connectivity index (χ2v) is 6.84. The van der Waals surface area contributed by atoms with Gasteiger partial charge in [-0.05, 0) is 31.3 Å². The van der Waals surface area contributed by atoms with Gasteiger partial charge in [-0.25, -0.2) is 8.42 Å². The van der Waals surface area contributed by atoms with Crippen LogP contribution in [0.5, 0.6) is 0 Å². The molecule has 0 saturated carbocycles. The third kappa shape index (κ3) is 3.36. The van der Waals surface area contributed by atoms with Gasteiger partial charge < -0.3 is 15.4 Å². The molecule has 1 aliphatic heterocycles. The number of benzene rings is 1. The van der Waals surface area contributed by atoms with Gasteiger partial charge in [-0.15, -0.1) is 0 Å². The van der Waals surface area contributed by atoms with E-state index in [-0.39, 0.29) is 22.8 Å². The molecule has 0 aromatic heterocycles. The van der Waals surface area contributed by atoms with E-state index in [1.165, 1.54) is 12.1 Å². The molecule has 0 radical (unpaired) electrons. The molecule has 6 nitrogen and oxygen atoms in total. The summed E-state index contributed by atoms with van der Waals surface area (Å²) in [5.41, 5.74) is 0.573. The SMILES string of the molecule is CNC1COCC1C(=O)Nc1ccc(S(C)(=O)=O)cc1. The highest BCUT2D eigenvalue weighted by Gasteiger charge is 2.32. The number of carbonyl (C=O) groups is 1. The van der Waals surface area contributed by atoms with Crippen LogP contribution in [-0.4, -0.2) is 46.9 Å². The fourth-order valence-corrected chi connectivity index (χ4v) is 2.75. The topological polar surface area (TPSA) is 84.5 Å². The molecule has 1 aromatic carbocycles. The third-order valence-electron chi connectivity index (χ3n) is 3.34. The van der Waals surface area contributed by atoms with E-state index in [0.29, 0.717) is 18.9 Å². The molecule has 1 saturated heterocycles. The normalized spacial score (nSPS) is 22.7. The van der Waals surface area contributed by atoms with Crippen molar-refractivity contribution in [3.05, 3.63) is 24.3 Å². The van der Waals surface area contributed by atoms with Gasteiger partial charge in [0.05, 0.1) is 24.0 Å². The van der Waals surface area contributed by atoms with Crippen molar-refractivity contribution in [3.8, 4) is 0 Å². The van der Waals surface area contributed by atoms with Gasteiger partial charge in [0.15, 0.2) is 9.84 Å². The maximum absolute atomic E-state index is 12.1. The molecular formula is C13H18N2O4S. The lowest BCUT2D eigenvalue weighted by Gasteiger charge is -2.16. The van der Waals surface area contributed by atoms with Crippen LogP contribution in [0.15, 0.2) is 29.2 Å². The number of sulfone groups is 1. The number of amides is 1. The van der Waals surface area contributed by atoms with E-state index >= 15 is 0 Å². The highest BCUT2D eigenvalue weighted by atomic mass is 32.2. The lowest BCUT2D eigenvalue weighted by molar-refractivity contribution is -0.120. The van der Waals surface area contributed by atoms with E-state index in [1.54, 1.807) is 19.2 Å². The van der Waals surface area contributed by atoms with Crippen LogP contribution in [0.2, 0.25) is 0 Å². The Bertz CT molecular complexity index is 583. The molecule has 0 spiro atoms. The van der Waals surface area contributed by atoms with Crippen molar-refractivity contribution in [1.29, 1.82) is 0 Å². The minimum atomic E-state index is -3.22. The van der Waals surface area contributed by atoms with Crippen molar-refractivity contribution < 1.29 is 17.9 Å². The van der Waals surface area contributed by atoms with Crippen molar-refractivity contribution >= 4 is 21.4 Å². The first-order valence-corrected chi connectivity index (χ1v) is 8.17. The first kappa shape index (κ1) is 15.0. The van der Waals surface area contributed by atoms with Gasteiger partial charge in [-0.1, -0.05) is 0 Å². The summed E-state index contributed by atoms with van der Waals surface area (Å²) >= 11 is 0. The zero-order chi connectivity index (χ0) is 14.8. The van der Waals surface area contributed by atoms with E-state index < -0.39 is 9.84 Å². The number of nitrogens with one attached hydrogen (secondary N) is 2. The molecule has 1 heterocycles. The summed E-state index contributed by atoms with van der Waals surface area (Å²) in [6.07, 6.45) is 1.15. The van der Waals surface area contributed by atoms with Gasteiger partial charge in [0.25, 0.3) is 0 Å². The molecule has 1 amide bonds. The maximum Gasteiger partial charge on any atom is 0.231 e. The highest BCUT2D eigenvalue weighted by molar-refractivity contribution is 7.90. The summed E-state index contributed by atoms with van der Waals surface area (Å²) < 4.78 is 28.0. The summed E-state index contributed by atoms with van der Waals surface area (Å²) in [5.74, 6) is -0.372. The lowest BCUT2D eigenvalue weighted by Crippen LogP contribution is -2.39. The van der Waals surface area contributed by atoms with E-state index in [4.69, 9.17) is 4.74 Å². The van der Waals surface area contributed by atoms with Crippen LogP contribution in [0.3, 0.4) is 0 Å². The van der Waals surface area contributed by atoms with Crippen LogP contribution in [0, 0.1) is 5.92 Å². The first-order valence-electron chi connectivity index (χ1n) is 6.28. The number of rotatable bonds is 4. The quantitative estimate of drug-likeness (QED) is 0.833. The van der Waals surface area contributed by atoms with Crippen molar-refractivity contribution in [2.45, 2.75) is 10.9 Å². The first-order chi connectivity index (χ1) is 9.41. The predicted molar refractivity (Wildman–Crippen MR) is 75.3 cm³/mol. The lowest BCUT2D eigenvalue weighted by atomic mass is 10.0. The highest BCUT2D eigenvalue weighted by Crippen LogP contribution is 2.18. The average molecular weight is 298 g/mol. The smallest absolute Gasteiger partial charge is 0.231 e. The van der Waals surface area contributed by atoms with Crippen LogP contribution in [0.25, 0.3) is 0 Å². The Morgan fingerprint density at radius 1 is 1.25 bits per heavy atom. The number of hydrogen-bond acceptors (Lipinski definition) is 5. The van der Waals surface area contributed by atoms with Crippen LogP contribution in [0.1, 0.15) is 0 Å². The molecule has 1 aromatic rings. The second kappa shape index (κ2) is 5.90. The van der Waals surface area contributed by atoms with Crippen LogP contribution in [0.4, 0.5) is 5.69 Å². The number of anilines is 1. The summed E-state index contributed by atoms with van der Waals surface area (Å²) in [5, 5.41) is 5.82. The average Bonchev–Trinajstić information content (AvgIpc) is 2.86. The monoisotopic (exact) mass is 298 g/mol. The number of likely N-dealkylation sites (N-methyl/N-ethyl adjacent to an activating group) is 1. The van der Waals surface area contributed by atoms with E-state index in [1.807, 2.05) is 0 Å². The summed E-state index contributed by atoms with van der Waals surface area (Å²) in [7, 11) is -1.43. The molecule has 7 heteroatoms. The van der Waals surface area contributed by atoms with E-state index in [9.17, 15) is 13.2 Å². The fourth-order valence-electron chi connectivity index (χ4n) is 2.12. The third-order valence-corrected chi connectivity index (χ3v) is 4.47. The molecule has 110 valence electrons. The predicted octanol–water partition coefficient (Wildman–Crippen LogP) is 0.263. The zero-order valence-electron chi connectivity index (χ0n) is 11.4. The van der Waals surface area contributed by atoms with Crippen LogP contribution in [-0.2, 0) is 19.4 Å². The van der Waals surface area contributed by atoms with Gasteiger partial charge in [0, 0.05) is 18.0 Å². The Morgan fingerprint density at radius 3 is 2.45 bits per heavy atom. The Kier molecular flexibility index (Phi) is 4.42. The molecule has 2 unspecified atom stereocenters. The molecule has 0 aliphatic carbocycles. The Morgan fingerprint density at radius 2 is 1.90 bits per heavy atom. The Balaban J connectivity index is 2.05. The summed E-state index contributed by atoms with van der Waals surface area (Å²) in [4.78, 5) is 12.3. The Hall–Kier alpha value is -1.44. The van der Waals surface area contributed by atoms with Crippen molar-refractivity contribution in [2.75, 3.05) is 31.8 Å². The van der Waals surface area contributed by atoms with Crippen LogP contribution >= 0.6 is 0 Å². The van der Waals surface area contributed by atoms with Gasteiger partial charge in [0.1, 0.15) is 0 Å². The molecule has 1 aliphatic rings. The van der Waals surface area contributed by atoms with E-state index in [2.05, 4.69) is 10.6 Å². The largest absolute Gasteiger partial charge is 0.379 e. The molecule has 2 rings (SSSR count). The zero-order valence-corrected chi connectivity index (χ0v) is 12.2. The molecular weight excluding hydrogens is 280 g/mol. The van der Waals surface area contributed by atoms with Crippen LogP contribution < -0.4 is 10.6 Å². The summed E-state index contributed by atoms with van der Waals surface area (Å²) in [6, 6.07) is 6.12. The second-order valence-electron chi connectivity index (χ2n) is 4.82. The summed E-state index contributed by atoms with van der Waals surface area (Å²) in [6.45, 7) is 0.903. The minimum absolute atomic E-state index is 0.00490. The van der Waals surface area contributed by atoms with E-state index in [0.717, 1.165) is 6.26 Å². The van der Waals surface area contributed by atoms with Gasteiger partial charge in [0.2, 0.25) is 5.91 Å². The van der Waals surface area contributed by atoms with Gasteiger partial charge in [-0.3, -0.25) is 4.79 Å². The fraction of sp³-hybridized carbons (Fsp3) is 0.462. The van der Waals surface area contributed by atoms with Crippen molar-refractivity contribution in [2.24, 2.45) is 5.92 Å². The molecule has 1 fully saturated rings. The number of carbonyl (C=O) groups excluding carboxylic acids is 1. The number of ether oxygens (including phenoxy) is 1. The van der Waals surface area contributed by atoms with Crippen molar-refractivity contribution in [3.63, 3.8) is 0 Å².